The van der Waals surface area contributed by atoms with Crippen LogP contribution in [0.25, 0.3) is 11.0 Å². The van der Waals surface area contributed by atoms with Crippen LogP contribution in [-0.4, -0.2) is 6.54 Å². The highest BCUT2D eigenvalue weighted by molar-refractivity contribution is 5.78. The van der Waals surface area contributed by atoms with Crippen molar-refractivity contribution in [3.05, 3.63) is 35.8 Å². The Bertz CT molecular complexity index is 592. The smallest absolute Gasteiger partial charge is 0.134 e. The van der Waals surface area contributed by atoms with E-state index in [-0.39, 0.29) is 5.82 Å². The number of fused-ring (bicyclic) bond motifs is 1. The highest BCUT2D eigenvalue weighted by Gasteiger charge is 2.32. The maximum Gasteiger partial charge on any atom is 0.134 e. The summed E-state index contributed by atoms with van der Waals surface area (Å²) in [6, 6.07) is 6.71. The van der Waals surface area contributed by atoms with Gasteiger partial charge < -0.3 is 10.2 Å². The molecule has 0 bridgehead atoms. The second-order valence-corrected chi connectivity index (χ2v) is 6.02. The van der Waals surface area contributed by atoms with E-state index in [9.17, 15) is 4.39 Å². The highest BCUT2D eigenvalue weighted by atomic mass is 19.1. The molecule has 1 aromatic carbocycles. The lowest BCUT2D eigenvalue weighted by Gasteiger charge is -2.34. The molecule has 0 radical (unpaired) electrons. The predicted octanol–water partition coefficient (Wildman–Crippen LogP) is 4.44. The Hall–Kier alpha value is -1.35. The van der Waals surface area contributed by atoms with Gasteiger partial charge in [-0.2, -0.15) is 0 Å². The summed E-state index contributed by atoms with van der Waals surface area (Å²) in [5.74, 6) is 2.40. The van der Waals surface area contributed by atoms with Gasteiger partial charge in [-0.3, -0.25) is 0 Å². The van der Waals surface area contributed by atoms with Gasteiger partial charge in [0.1, 0.15) is 17.2 Å². The molecule has 1 aliphatic rings. The van der Waals surface area contributed by atoms with Gasteiger partial charge in [-0.1, -0.05) is 19.8 Å². The first kappa shape index (κ1) is 13.6. The van der Waals surface area contributed by atoms with Crippen molar-refractivity contribution in [1.82, 2.24) is 0 Å². The van der Waals surface area contributed by atoms with Gasteiger partial charge in [0.15, 0.2) is 0 Å². The average Bonchev–Trinajstić information content (AvgIpc) is 2.89. The second-order valence-electron chi connectivity index (χ2n) is 6.02. The van der Waals surface area contributed by atoms with Gasteiger partial charge in [-0.25, -0.2) is 4.39 Å². The molecule has 3 atom stereocenters. The number of nitrogens with two attached hydrogens (primary N) is 1. The minimum absolute atomic E-state index is 0.213. The molecule has 108 valence electrons. The molecule has 20 heavy (non-hydrogen) atoms. The fourth-order valence-electron chi connectivity index (χ4n) is 3.54. The zero-order valence-corrected chi connectivity index (χ0v) is 11.9. The maximum absolute atomic E-state index is 13.3. The normalized spacial score (nSPS) is 27.1. The molecule has 0 saturated heterocycles. The standard InChI is InChI=1S/C17H22FNO/c1-2-11-3-4-12(10-19)15(7-11)17-9-13-8-14(18)5-6-16(13)20-17/h5-6,8-9,11-12,15H,2-4,7,10,19H2,1H3. The van der Waals surface area contributed by atoms with Crippen LogP contribution >= 0.6 is 0 Å². The molecule has 3 unspecified atom stereocenters. The largest absolute Gasteiger partial charge is 0.461 e. The summed E-state index contributed by atoms with van der Waals surface area (Å²) in [7, 11) is 0. The SMILES string of the molecule is CCC1CCC(CN)C(c2cc3cc(F)ccc3o2)C1. The summed E-state index contributed by atoms with van der Waals surface area (Å²) >= 11 is 0. The Balaban J connectivity index is 1.94. The summed E-state index contributed by atoms with van der Waals surface area (Å²) in [6.07, 6.45) is 4.79. The van der Waals surface area contributed by atoms with Crippen LogP contribution in [0.4, 0.5) is 4.39 Å². The third-order valence-electron chi connectivity index (χ3n) is 4.84. The van der Waals surface area contributed by atoms with E-state index in [2.05, 4.69) is 6.92 Å². The topological polar surface area (TPSA) is 39.2 Å². The Kier molecular flexibility index (Phi) is 3.79. The van der Waals surface area contributed by atoms with E-state index in [1.54, 1.807) is 12.1 Å². The van der Waals surface area contributed by atoms with Crippen LogP contribution in [0, 0.1) is 17.7 Å². The van der Waals surface area contributed by atoms with Crippen molar-refractivity contribution in [1.29, 1.82) is 0 Å². The van der Waals surface area contributed by atoms with Gasteiger partial charge in [0.05, 0.1) is 0 Å². The minimum Gasteiger partial charge on any atom is -0.461 e. The number of furan rings is 1. The molecule has 0 spiro atoms. The Morgan fingerprint density at radius 1 is 1.30 bits per heavy atom. The summed E-state index contributed by atoms with van der Waals surface area (Å²) in [6.45, 7) is 2.95. The zero-order chi connectivity index (χ0) is 14.1. The Labute approximate surface area is 119 Å². The van der Waals surface area contributed by atoms with Crippen LogP contribution in [-0.2, 0) is 0 Å². The zero-order valence-electron chi connectivity index (χ0n) is 11.9. The van der Waals surface area contributed by atoms with E-state index < -0.39 is 0 Å². The molecular formula is C17H22FNO. The Morgan fingerprint density at radius 3 is 2.90 bits per heavy atom. The lowest BCUT2D eigenvalue weighted by Crippen LogP contribution is -2.28. The molecular weight excluding hydrogens is 253 g/mol. The van der Waals surface area contributed by atoms with Crippen LogP contribution in [0.15, 0.2) is 28.7 Å². The Morgan fingerprint density at radius 2 is 2.15 bits per heavy atom. The van der Waals surface area contributed by atoms with Crippen molar-refractivity contribution in [3.8, 4) is 0 Å². The molecule has 1 heterocycles. The molecule has 1 aliphatic carbocycles. The van der Waals surface area contributed by atoms with Crippen LogP contribution in [0.1, 0.15) is 44.3 Å². The van der Waals surface area contributed by atoms with Gasteiger partial charge in [0.25, 0.3) is 0 Å². The molecule has 0 aliphatic heterocycles. The molecule has 3 heteroatoms. The van der Waals surface area contributed by atoms with Crippen molar-refractivity contribution in [2.24, 2.45) is 17.6 Å². The quantitative estimate of drug-likeness (QED) is 0.899. The number of rotatable bonds is 3. The van der Waals surface area contributed by atoms with Crippen LogP contribution in [0.3, 0.4) is 0 Å². The van der Waals surface area contributed by atoms with Crippen LogP contribution in [0.2, 0.25) is 0 Å². The molecule has 1 saturated carbocycles. The van der Waals surface area contributed by atoms with E-state index in [0.717, 1.165) is 29.1 Å². The van der Waals surface area contributed by atoms with Crippen molar-refractivity contribution >= 4 is 11.0 Å². The second kappa shape index (κ2) is 5.57. The number of hydrogen-bond donors (Lipinski definition) is 1. The fraction of sp³-hybridized carbons (Fsp3) is 0.529. The molecule has 1 aromatic heterocycles. The first-order valence-electron chi connectivity index (χ1n) is 7.60. The number of halogens is 1. The van der Waals surface area contributed by atoms with Crippen molar-refractivity contribution in [2.75, 3.05) is 6.54 Å². The summed E-state index contributed by atoms with van der Waals surface area (Å²) < 4.78 is 19.3. The lowest BCUT2D eigenvalue weighted by atomic mass is 9.72. The average molecular weight is 275 g/mol. The summed E-state index contributed by atoms with van der Waals surface area (Å²) in [5, 5.41) is 0.856. The monoisotopic (exact) mass is 275 g/mol. The van der Waals surface area contributed by atoms with Gasteiger partial charge in [0.2, 0.25) is 0 Å². The molecule has 1 fully saturated rings. The van der Waals surface area contributed by atoms with Crippen LogP contribution < -0.4 is 5.73 Å². The first-order chi connectivity index (χ1) is 9.71. The number of benzene rings is 1. The minimum atomic E-state index is -0.213. The summed E-state index contributed by atoms with van der Waals surface area (Å²) in [4.78, 5) is 0. The van der Waals surface area contributed by atoms with E-state index in [1.165, 1.54) is 25.3 Å². The molecule has 3 rings (SSSR count). The van der Waals surface area contributed by atoms with E-state index in [0.29, 0.717) is 18.4 Å². The molecule has 2 nitrogen and oxygen atoms in total. The first-order valence-corrected chi connectivity index (χ1v) is 7.60. The maximum atomic E-state index is 13.3. The van der Waals surface area contributed by atoms with E-state index in [1.807, 2.05) is 6.07 Å². The van der Waals surface area contributed by atoms with Crippen molar-refractivity contribution < 1.29 is 8.81 Å². The van der Waals surface area contributed by atoms with Crippen molar-refractivity contribution in [2.45, 2.75) is 38.5 Å². The molecule has 2 aromatic rings. The number of hydrogen-bond acceptors (Lipinski definition) is 2. The molecule has 2 N–H and O–H groups in total. The summed E-state index contributed by atoms with van der Waals surface area (Å²) in [5.41, 5.74) is 6.71. The predicted molar refractivity (Wildman–Crippen MR) is 79.1 cm³/mol. The highest BCUT2D eigenvalue weighted by Crippen LogP contribution is 2.42. The van der Waals surface area contributed by atoms with Crippen LogP contribution in [0.5, 0.6) is 0 Å². The van der Waals surface area contributed by atoms with Crippen molar-refractivity contribution in [3.63, 3.8) is 0 Å². The van der Waals surface area contributed by atoms with E-state index >= 15 is 0 Å². The molecule has 0 amide bonds. The third kappa shape index (κ3) is 2.47. The van der Waals surface area contributed by atoms with Gasteiger partial charge in [-0.05, 0) is 55.5 Å². The lowest BCUT2D eigenvalue weighted by molar-refractivity contribution is 0.216. The fourth-order valence-corrected chi connectivity index (χ4v) is 3.54. The van der Waals surface area contributed by atoms with E-state index in [4.69, 9.17) is 10.2 Å². The van der Waals surface area contributed by atoms with Gasteiger partial charge in [-0.15, -0.1) is 0 Å². The third-order valence-corrected chi connectivity index (χ3v) is 4.84. The van der Waals surface area contributed by atoms with Gasteiger partial charge in [0, 0.05) is 11.3 Å². The van der Waals surface area contributed by atoms with Gasteiger partial charge >= 0.3 is 0 Å².